The summed E-state index contributed by atoms with van der Waals surface area (Å²) in [6.45, 7) is 0.807. The summed E-state index contributed by atoms with van der Waals surface area (Å²) in [5, 5.41) is 8.88. The number of rotatable bonds is 7. The maximum Gasteiger partial charge on any atom is 0.138 e. The molecule has 0 heterocycles. The van der Waals surface area contributed by atoms with Gasteiger partial charge in [0.2, 0.25) is 0 Å². The predicted molar refractivity (Wildman–Crippen MR) is 62.5 cm³/mol. The van der Waals surface area contributed by atoms with Crippen LogP contribution in [-0.4, -0.2) is 18.3 Å². The molecule has 0 fully saturated rings. The summed E-state index contributed by atoms with van der Waals surface area (Å²) in [7, 11) is 0. The summed E-state index contributed by atoms with van der Waals surface area (Å²) in [6.07, 6.45) is 3.75. The lowest BCUT2D eigenvalue weighted by Crippen LogP contribution is -1.98. The van der Waals surface area contributed by atoms with Gasteiger partial charge in [0.15, 0.2) is 0 Å². The average Bonchev–Trinajstić information content (AvgIpc) is 2.26. The van der Waals surface area contributed by atoms with Crippen LogP contribution >= 0.6 is 11.6 Å². The van der Waals surface area contributed by atoms with Gasteiger partial charge >= 0.3 is 0 Å². The number of hydrogen-bond acceptors (Lipinski definition) is 2. The number of ether oxygens (including phenoxy) is 1. The molecule has 0 bridgehead atoms. The maximum absolute atomic E-state index is 12.7. The summed E-state index contributed by atoms with van der Waals surface area (Å²) < 4.78 is 18.1. The Hall–Kier alpha value is -0.800. The molecule has 2 nitrogen and oxygen atoms in total. The van der Waals surface area contributed by atoms with Crippen LogP contribution in [0.5, 0.6) is 5.75 Å². The Morgan fingerprint density at radius 3 is 2.62 bits per heavy atom. The van der Waals surface area contributed by atoms with Crippen LogP contribution in [0.3, 0.4) is 0 Å². The summed E-state index contributed by atoms with van der Waals surface area (Å²) >= 11 is 5.79. The first-order valence-corrected chi connectivity index (χ1v) is 5.80. The van der Waals surface area contributed by atoms with Gasteiger partial charge in [-0.05, 0) is 37.5 Å². The number of benzene rings is 1. The highest BCUT2D eigenvalue weighted by molar-refractivity contribution is 6.32. The molecule has 0 saturated carbocycles. The van der Waals surface area contributed by atoms with Crippen LogP contribution in [0.4, 0.5) is 4.39 Å². The van der Waals surface area contributed by atoms with Crippen LogP contribution in [-0.2, 0) is 0 Å². The summed E-state index contributed by atoms with van der Waals surface area (Å²) in [5.74, 6) is 0.158. The third kappa shape index (κ3) is 4.81. The van der Waals surface area contributed by atoms with Crippen molar-refractivity contribution in [3.63, 3.8) is 0 Å². The Morgan fingerprint density at radius 1 is 1.19 bits per heavy atom. The highest BCUT2D eigenvalue weighted by atomic mass is 35.5. The van der Waals surface area contributed by atoms with E-state index in [4.69, 9.17) is 21.4 Å². The Kier molecular flexibility index (Phi) is 6.19. The van der Waals surface area contributed by atoms with Gasteiger partial charge in [0.1, 0.15) is 11.6 Å². The molecule has 0 unspecified atom stereocenters. The molecule has 0 saturated heterocycles. The fraction of sp³-hybridized carbons (Fsp3) is 0.500. The number of unbranched alkanes of at least 4 members (excludes halogenated alkanes) is 3. The van der Waals surface area contributed by atoms with E-state index in [1.165, 1.54) is 18.2 Å². The fourth-order valence-corrected chi connectivity index (χ4v) is 1.56. The topological polar surface area (TPSA) is 29.5 Å². The standard InChI is InChI=1S/C12H16ClFO2/c13-11-9-10(14)5-6-12(11)16-8-4-2-1-3-7-15/h5-6,9,15H,1-4,7-8H2. The minimum absolute atomic E-state index is 0.241. The number of aliphatic hydroxyl groups is 1. The van der Waals surface area contributed by atoms with Crippen LogP contribution in [0.25, 0.3) is 0 Å². The van der Waals surface area contributed by atoms with Crippen molar-refractivity contribution in [3.8, 4) is 5.75 Å². The van der Waals surface area contributed by atoms with Gasteiger partial charge in [-0.15, -0.1) is 0 Å². The third-order valence-corrected chi connectivity index (χ3v) is 2.50. The third-order valence-electron chi connectivity index (χ3n) is 2.20. The summed E-state index contributed by atoms with van der Waals surface area (Å²) in [5.41, 5.74) is 0. The van der Waals surface area contributed by atoms with E-state index in [1.54, 1.807) is 0 Å². The van der Waals surface area contributed by atoms with Crippen molar-refractivity contribution in [3.05, 3.63) is 29.0 Å². The molecule has 0 aliphatic heterocycles. The number of aliphatic hydroxyl groups excluding tert-OH is 1. The van der Waals surface area contributed by atoms with Gasteiger partial charge < -0.3 is 9.84 Å². The molecule has 0 aromatic heterocycles. The van der Waals surface area contributed by atoms with E-state index in [0.29, 0.717) is 17.4 Å². The molecular weight excluding hydrogens is 231 g/mol. The molecule has 90 valence electrons. The van der Waals surface area contributed by atoms with Crippen molar-refractivity contribution >= 4 is 11.6 Å². The number of hydrogen-bond donors (Lipinski definition) is 1. The van der Waals surface area contributed by atoms with Crippen LogP contribution in [0.2, 0.25) is 5.02 Å². The molecule has 16 heavy (non-hydrogen) atoms. The quantitative estimate of drug-likeness (QED) is 0.747. The molecule has 0 atom stereocenters. The Labute approximate surface area is 100.0 Å². The second-order valence-electron chi connectivity index (χ2n) is 3.56. The normalized spacial score (nSPS) is 10.4. The fourth-order valence-electron chi connectivity index (χ4n) is 1.34. The molecule has 1 N–H and O–H groups in total. The lowest BCUT2D eigenvalue weighted by Gasteiger charge is -2.07. The second-order valence-corrected chi connectivity index (χ2v) is 3.97. The number of halogens is 2. The van der Waals surface area contributed by atoms with E-state index >= 15 is 0 Å². The highest BCUT2D eigenvalue weighted by Gasteiger charge is 2.02. The smallest absolute Gasteiger partial charge is 0.138 e. The predicted octanol–water partition coefficient (Wildman–Crippen LogP) is 3.41. The van der Waals surface area contributed by atoms with E-state index in [0.717, 1.165) is 25.7 Å². The average molecular weight is 247 g/mol. The first kappa shape index (κ1) is 13.3. The molecule has 1 rings (SSSR count). The first-order valence-electron chi connectivity index (χ1n) is 5.43. The SMILES string of the molecule is OCCCCCCOc1ccc(F)cc1Cl. The van der Waals surface area contributed by atoms with Crippen molar-refractivity contribution in [2.24, 2.45) is 0 Å². The zero-order valence-corrected chi connectivity index (χ0v) is 9.84. The zero-order valence-electron chi connectivity index (χ0n) is 9.09. The van der Waals surface area contributed by atoms with E-state index in [-0.39, 0.29) is 12.4 Å². The molecule has 0 aliphatic rings. The van der Waals surface area contributed by atoms with Gasteiger partial charge in [-0.2, -0.15) is 0 Å². The Bertz CT molecular complexity index is 318. The van der Waals surface area contributed by atoms with Crippen LogP contribution in [0, 0.1) is 5.82 Å². The van der Waals surface area contributed by atoms with Crippen molar-refractivity contribution in [1.82, 2.24) is 0 Å². The van der Waals surface area contributed by atoms with Crippen LogP contribution in [0.15, 0.2) is 18.2 Å². The molecule has 0 spiro atoms. The van der Waals surface area contributed by atoms with Gasteiger partial charge in [0.05, 0.1) is 11.6 Å². The van der Waals surface area contributed by atoms with Crippen LogP contribution in [0.1, 0.15) is 25.7 Å². The molecule has 1 aromatic rings. The van der Waals surface area contributed by atoms with Crippen molar-refractivity contribution < 1.29 is 14.2 Å². The van der Waals surface area contributed by atoms with Crippen molar-refractivity contribution in [2.45, 2.75) is 25.7 Å². The van der Waals surface area contributed by atoms with Gasteiger partial charge in [-0.25, -0.2) is 4.39 Å². The second kappa shape index (κ2) is 7.47. The molecule has 0 aliphatic carbocycles. The Morgan fingerprint density at radius 2 is 1.94 bits per heavy atom. The minimum atomic E-state index is -0.361. The Balaban J connectivity index is 2.21. The van der Waals surface area contributed by atoms with Gasteiger partial charge in [-0.3, -0.25) is 0 Å². The molecule has 0 amide bonds. The first-order chi connectivity index (χ1) is 7.74. The molecule has 1 aromatic carbocycles. The lowest BCUT2D eigenvalue weighted by molar-refractivity contribution is 0.273. The van der Waals surface area contributed by atoms with E-state index in [2.05, 4.69) is 0 Å². The zero-order chi connectivity index (χ0) is 11.8. The van der Waals surface area contributed by atoms with Gasteiger partial charge in [-0.1, -0.05) is 18.0 Å². The monoisotopic (exact) mass is 246 g/mol. The summed E-state index contributed by atoms with van der Waals surface area (Å²) in [4.78, 5) is 0. The van der Waals surface area contributed by atoms with Gasteiger partial charge in [0.25, 0.3) is 0 Å². The lowest BCUT2D eigenvalue weighted by atomic mass is 10.2. The van der Waals surface area contributed by atoms with E-state index in [1.807, 2.05) is 0 Å². The van der Waals surface area contributed by atoms with Crippen LogP contribution < -0.4 is 4.74 Å². The van der Waals surface area contributed by atoms with Gasteiger partial charge in [0, 0.05) is 6.61 Å². The van der Waals surface area contributed by atoms with E-state index in [9.17, 15) is 4.39 Å². The molecule has 0 radical (unpaired) electrons. The molecular formula is C12H16ClFO2. The maximum atomic E-state index is 12.7. The summed E-state index contributed by atoms with van der Waals surface area (Å²) in [6, 6.07) is 4.10. The highest BCUT2D eigenvalue weighted by Crippen LogP contribution is 2.24. The van der Waals surface area contributed by atoms with E-state index < -0.39 is 0 Å². The minimum Gasteiger partial charge on any atom is -0.492 e. The van der Waals surface area contributed by atoms with Crippen molar-refractivity contribution in [2.75, 3.05) is 13.2 Å². The largest absolute Gasteiger partial charge is 0.492 e. The molecule has 4 heteroatoms. The van der Waals surface area contributed by atoms with Crippen molar-refractivity contribution in [1.29, 1.82) is 0 Å².